The molecule has 0 bridgehead atoms. The minimum Gasteiger partial charge on any atom is -0.369 e. The molecule has 1 aliphatic heterocycles. The van der Waals surface area contributed by atoms with Crippen molar-refractivity contribution < 1.29 is 14.4 Å². The van der Waals surface area contributed by atoms with Crippen molar-refractivity contribution in [3.63, 3.8) is 0 Å². The standard InChI is InChI=1S/C17H23N3O3S/c1-12(17(23)20-9-5-6-13(10-20)16(18)22)24-11-15(21)19-14-7-3-2-4-8-14/h2-4,7-8,12-13H,5-6,9-11H2,1H3,(H2,18,22)(H,19,21)/t12-,13+/m1/s1. The zero-order valence-electron chi connectivity index (χ0n) is 13.7. The van der Waals surface area contributed by atoms with Crippen LogP contribution in [0.5, 0.6) is 0 Å². The second-order valence-corrected chi connectivity index (χ2v) is 7.22. The number of likely N-dealkylation sites (tertiary alicyclic amines) is 1. The van der Waals surface area contributed by atoms with Crippen molar-refractivity contribution >= 4 is 35.2 Å². The first-order valence-electron chi connectivity index (χ1n) is 8.02. The number of amides is 3. The summed E-state index contributed by atoms with van der Waals surface area (Å²) in [5, 5.41) is 2.46. The summed E-state index contributed by atoms with van der Waals surface area (Å²) in [5.74, 6) is -0.594. The molecule has 0 radical (unpaired) electrons. The van der Waals surface area contributed by atoms with Gasteiger partial charge in [0.05, 0.1) is 16.9 Å². The quantitative estimate of drug-likeness (QED) is 0.813. The van der Waals surface area contributed by atoms with Gasteiger partial charge in [0.2, 0.25) is 17.7 Å². The van der Waals surface area contributed by atoms with Crippen molar-refractivity contribution in [1.82, 2.24) is 4.90 Å². The molecule has 0 spiro atoms. The molecule has 0 saturated carbocycles. The molecule has 6 nitrogen and oxygen atoms in total. The van der Waals surface area contributed by atoms with Crippen LogP contribution in [-0.4, -0.2) is 46.7 Å². The van der Waals surface area contributed by atoms with Crippen LogP contribution in [0.4, 0.5) is 5.69 Å². The lowest BCUT2D eigenvalue weighted by Gasteiger charge is -2.32. The Labute approximate surface area is 146 Å². The Kier molecular flexibility index (Phi) is 6.66. The van der Waals surface area contributed by atoms with Crippen molar-refractivity contribution in [3.8, 4) is 0 Å². The Hall–Kier alpha value is -2.02. The maximum atomic E-state index is 12.5. The lowest BCUT2D eigenvalue weighted by Crippen LogP contribution is -2.46. The van der Waals surface area contributed by atoms with Gasteiger partial charge in [-0.05, 0) is 31.9 Å². The molecule has 2 rings (SSSR count). The second kappa shape index (κ2) is 8.73. The molecule has 2 atom stereocenters. The van der Waals surface area contributed by atoms with E-state index in [0.717, 1.165) is 18.5 Å². The summed E-state index contributed by atoms with van der Waals surface area (Å²) in [6.07, 6.45) is 1.52. The molecule has 24 heavy (non-hydrogen) atoms. The number of hydrogen-bond acceptors (Lipinski definition) is 4. The van der Waals surface area contributed by atoms with Gasteiger partial charge in [0.15, 0.2) is 0 Å². The molecule has 3 amide bonds. The Morgan fingerprint density at radius 2 is 2.04 bits per heavy atom. The Morgan fingerprint density at radius 3 is 2.71 bits per heavy atom. The van der Waals surface area contributed by atoms with Gasteiger partial charge in [-0.15, -0.1) is 11.8 Å². The largest absolute Gasteiger partial charge is 0.369 e. The average Bonchev–Trinajstić information content (AvgIpc) is 2.60. The molecule has 0 unspecified atom stereocenters. The monoisotopic (exact) mass is 349 g/mol. The number of benzene rings is 1. The number of anilines is 1. The Morgan fingerprint density at radius 1 is 1.33 bits per heavy atom. The summed E-state index contributed by atoms with van der Waals surface area (Å²) < 4.78 is 0. The zero-order valence-corrected chi connectivity index (χ0v) is 14.6. The molecule has 1 saturated heterocycles. The lowest BCUT2D eigenvalue weighted by atomic mass is 9.97. The smallest absolute Gasteiger partial charge is 0.235 e. The lowest BCUT2D eigenvalue weighted by molar-refractivity contribution is -0.134. The number of piperidine rings is 1. The van der Waals surface area contributed by atoms with Gasteiger partial charge < -0.3 is 16.0 Å². The SMILES string of the molecule is C[C@@H](SCC(=O)Nc1ccccc1)C(=O)N1CCC[C@H](C(N)=O)C1. The van der Waals surface area contributed by atoms with E-state index in [1.807, 2.05) is 30.3 Å². The van der Waals surface area contributed by atoms with Crippen LogP contribution in [0, 0.1) is 5.92 Å². The number of nitrogens with one attached hydrogen (secondary N) is 1. The highest BCUT2D eigenvalue weighted by Crippen LogP contribution is 2.20. The number of primary amides is 1. The van der Waals surface area contributed by atoms with Crippen molar-refractivity contribution in [1.29, 1.82) is 0 Å². The number of rotatable bonds is 6. The van der Waals surface area contributed by atoms with E-state index >= 15 is 0 Å². The fourth-order valence-electron chi connectivity index (χ4n) is 2.66. The van der Waals surface area contributed by atoms with Gasteiger partial charge in [0, 0.05) is 18.8 Å². The highest BCUT2D eigenvalue weighted by molar-refractivity contribution is 8.01. The van der Waals surface area contributed by atoms with Gasteiger partial charge in [-0.2, -0.15) is 0 Å². The van der Waals surface area contributed by atoms with E-state index < -0.39 is 0 Å². The third-order valence-electron chi connectivity index (χ3n) is 4.01. The van der Waals surface area contributed by atoms with Gasteiger partial charge in [-0.25, -0.2) is 0 Å². The van der Waals surface area contributed by atoms with Crippen LogP contribution < -0.4 is 11.1 Å². The Bertz CT molecular complexity index is 594. The highest BCUT2D eigenvalue weighted by Gasteiger charge is 2.29. The molecule has 3 N–H and O–H groups in total. The number of hydrogen-bond donors (Lipinski definition) is 2. The summed E-state index contributed by atoms with van der Waals surface area (Å²) >= 11 is 1.30. The maximum absolute atomic E-state index is 12.5. The predicted octanol–water partition coefficient (Wildman–Crippen LogP) is 1.47. The fraction of sp³-hybridized carbons (Fsp3) is 0.471. The van der Waals surface area contributed by atoms with Crippen LogP contribution in [0.15, 0.2) is 30.3 Å². The topological polar surface area (TPSA) is 92.5 Å². The summed E-state index contributed by atoms with van der Waals surface area (Å²) in [6.45, 7) is 2.82. The minimum absolute atomic E-state index is 0.0431. The van der Waals surface area contributed by atoms with Crippen LogP contribution in [-0.2, 0) is 14.4 Å². The molecule has 7 heteroatoms. The third kappa shape index (κ3) is 5.26. The van der Waals surface area contributed by atoms with Crippen molar-refractivity contribution in [2.45, 2.75) is 25.0 Å². The molecular weight excluding hydrogens is 326 g/mol. The molecular formula is C17H23N3O3S. The van der Waals surface area contributed by atoms with E-state index in [2.05, 4.69) is 5.32 Å². The van der Waals surface area contributed by atoms with Crippen LogP contribution in [0.25, 0.3) is 0 Å². The Balaban J connectivity index is 1.79. The van der Waals surface area contributed by atoms with Crippen LogP contribution >= 0.6 is 11.8 Å². The summed E-state index contributed by atoms with van der Waals surface area (Å²) in [4.78, 5) is 37.4. The molecule has 1 fully saturated rings. The summed E-state index contributed by atoms with van der Waals surface area (Å²) in [6, 6.07) is 9.20. The zero-order chi connectivity index (χ0) is 17.5. The molecule has 1 aromatic carbocycles. The second-order valence-electron chi connectivity index (χ2n) is 5.89. The van der Waals surface area contributed by atoms with E-state index in [9.17, 15) is 14.4 Å². The number of para-hydroxylation sites is 1. The molecule has 130 valence electrons. The van der Waals surface area contributed by atoms with Crippen molar-refractivity contribution in [2.75, 3.05) is 24.2 Å². The van der Waals surface area contributed by atoms with Gasteiger partial charge in [0.25, 0.3) is 0 Å². The van der Waals surface area contributed by atoms with Gasteiger partial charge >= 0.3 is 0 Å². The third-order valence-corrected chi connectivity index (χ3v) is 5.14. The number of carbonyl (C=O) groups is 3. The normalized spacial score (nSPS) is 18.7. The molecule has 1 aromatic rings. The fourth-order valence-corrected chi connectivity index (χ4v) is 3.42. The van der Waals surface area contributed by atoms with Gasteiger partial charge in [-0.1, -0.05) is 18.2 Å². The molecule has 0 aliphatic carbocycles. The number of nitrogens with zero attached hydrogens (tertiary/aromatic N) is 1. The maximum Gasteiger partial charge on any atom is 0.235 e. The summed E-state index contributed by atoms with van der Waals surface area (Å²) in [7, 11) is 0. The average molecular weight is 349 g/mol. The van der Waals surface area contributed by atoms with Crippen LogP contribution in [0.2, 0.25) is 0 Å². The number of thioether (sulfide) groups is 1. The van der Waals surface area contributed by atoms with Crippen molar-refractivity contribution in [2.24, 2.45) is 11.7 Å². The van der Waals surface area contributed by atoms with Crippen LogP contribution in [0.3, 0.4) is 0 Å². The van der Waals surface area contributed by atoms with E-state index in [-0.39, 0.29) is 34.6 Å². The number of carbonyl (C=O) groups excluding carboxylic acids is 3. The van der Waals surface area contributed by atoms with E-state index in [4.69, 9.17) is 5.73 Å². The highest BCUT2D eigenvalue weighted by atomic mass is 32.2. The van der Waals surface area contributed by atoms with Crippen LogP contribution in [0.1, 0.15) is 19.8 Å². The van der Waals surface area contributed by atoms with E-state index in [0.29, 0.717) is 13.1 Å². The summed E-state index contributed by atoms with van der Waals surface area (Å²) in [5.41, 5.74) is 6.08. The first-order valence-corrected chi connectivity index (χ1v) is 9.07. The molecule has 1 heterocycles. The van der Waals surface area contributed by atoms with E-state index in [1.54, 1.807) is 11.8 Å². The molecule has 1 aliphatic rings. The first-order chi connectivity index (χ1) is 11.5. The molecule has 0 aromatic heterocycles. The predicted molar refractivity (Wildman–Crippen MR) is 95.5 cm³/mol. The van der Waals surface area contributed by atoms with E-state index in [1.165, 1.54) is 11.8 Å². The van der Waals surface area contributed by atoms with Gasteiger partial charge in [0.1, 0.15) is 0 Å². The minimum atomic E-state index is -0.352. The number of nitrogens with two attached hydrogens (primary N) is 1. The first kappa shape index (κ1) is 18.3. The van der Waals surface area contributed by atoms with Gasteiger partial charge in [-0.3, -0.25) is 14.4 Å². The van der Waals surface area contributed by atoms with Crippen molar-refractivity contribution in [3.05, 3.63) is 30.3 Å².